The number of nitrogens with zero attached hydrogens (tertiary/aromatic N) is 1. The van der Waals surface area contributed by atoms with Crippen LogP contribution in [0.3, 0.4) is 0 Å². The van der Waals surface area contributed by atoms with Gasteiger partial charge in [0.1, 0.15) is 11.4 Å². The third-order valence-corrected chi connectivity index (χ3v) is 5.86. The molecule has 0 saturated heterocycles. The molecular formula is C17H24N2O3S. The molecule has 1 saturated carbocycles. The van der Waals surface area contributed by atoms with E-state index in [-0.39, 0.29) is 17.2 Å². The zero-order valence-electron chi connectivity index (χ0n) is 13.9. The van der Waals surface area contributed by atoms with Gasteiger partial charge in [-0.05, 0) is 42.7 Å². The van der Waals surface area contributed by atoms with Gasteiger partial charge < -0.3 is 4.52 Å². The molecule has 1 fully saturated rings. The minimum Gasteiger partial charge on any atom is -0.356 e. The first-order valence-corrected chi connectivity index (χ1v) is 9.73. The number of hydrogen-bond acceptors (Lipinski definition) is 4. The largest absolute Gasteiger partial charge is 0.356 e. The highest BCUT2D eigenvalue weighted by atomic mass is 32.2. The van der Waals surface area contributed by atoms with E-state index in [9.17, 15) is 8.42 Å². The second kappa shape index (κ2) is 5.91. The molecule has 2 aromatic rings. The monoisotopic (exact) mass is 336 g/mol. The molecule has 0 aliphatic heterocycles. The van der Waals surface area contributed by atoms with Crippen molar-refractivity contribution in [2.45, 2.75) is 51.8 Å². The second-order valence-corrected chi connectivity index (χ2v) is 9.37. The SMILES string of the molecule is CC1CC(NS(=O)(=O)Cc2noc3ccccc23)CC(C)(C)C1. The maximum absolute atomic E-state index is 12.5. The van der Waals surface area contributed by atoms with Crippen LogP contribution in [0.15, 0.2) is 28.8 Å². The minimum atomic E-state index is -3.44. The Balaban J connectivity index is 1.74. The van der Waals surface area contributed by atoms with Crippen molar-refractivity contribution in [1.82, 2.24) is 9.88 Å². The molecule has 2 atom stereocenters. The lowest BCUT2D eigenvalue weighted by atomic mass is 9.71. The molecule has 5 nitrogen and oxygen atoms in total. The van der Waals surface area contributed by atoms with Gasteiger partial charge in [0.15, 0.2) is 5.58 Å². The first kappa shape index (κ1) is 16.5. The molecule has 6 heteroatoms. The number of fused-ring (bicyclic) bond motifs is 1. The molecule has 0 bridgehead atoms. The fourth-order valence-electron chi connectivity index (χ4n) is 3.95. The number of benzene rings is 1. The molecule has 1 aromatic heterocycles. The molecule has 1 N–H and O–H groups in total. The molecule has 0 amide bonds. The van der Waals surface area contributed by atoms with E-state index in [4.69, 9.17) is 4.52 Å². The van der Waals surface area contributed by atoms with Gasteiger partial charge in [0.05, 0.1) is 0 Å². The molecule has 126 valence electrons. The maximum Gasteiger partial charge on any atom is 0.217 e. The van der Waals surface area contributed by atoms with Gasteiger partial charge in [-0.2, -0.15) is 0 Å². The van der Waals surface area contributed by atoms with Crippen LogP contribution in [0.1, 0.15) is 45.7 Å². The molecular weight excluding hydrogens is 312 g/mol. The Bertz CT molecular complexity index is 795. The molecule has 0 spiro atoms. The Morgan fingerprint density at radius 2 is 2.04 bits per heavy atom. The normalized spacial score (nSPS) is 24.8. The van der Waals surface area contributed by atoms with E-state index in [0.717, 1.165) is 24.6 Å². The third-order valence-electron chi connectivity index (χ3n) is 4.51. The standard InChI is InChI=1S/C17H24N2O3S/c1-12-8-13(10-17(2,3)9-12)19-23(20,21)11-15-14-6-4-5-7-16(14)22-18-15/h4-7,12-13,19H,8-11H2,1-3H3. The first-order chi connectivity index (χ1) is 10.7. The zero-order valence-corrected chi connectivity index (χ0v) is 14.7. The van der Waals surface area contributed by atoms with Crippen molar-refractivity contribution >= 4 is 21.0 Å². The van der Waals surface area contributed by atoms with Crippen molar-refractivity contribution in [2.24, 2.45) is 11.3 Å². The molecule has 1 aliphatic rings. The number of aromatic nitrogens is 1. The van der Waals surface area contributed by atoms with Crippen LogP contribution in [0.5, 0.6) is 0 Å². The van der Waals surface area contributed by atoms with E-state index < -0.39 is 10.0 Å². The quantitative estimate of drug-likeness (QED) is 0.928. The topological polar surface area (TPSA) is 72.2 Å². The predicted octanol–water partition coefficient (Wildman–Crippen LogP) is 3.46. The van der Waals surface area contributed by atoms with Crippen LogP contribution >= 0.6 is 0 Å². The summed E-state index contributed by atoms with van der Waals surface area (Å²) < 4.78 is 33.1. The van der Waals surface area contributed by atoms with E-state index in [2.05, 4.69) is 30.6 Å². The van der Waals surface area contributed by atoms with E-state index in [1.54, 1.807) is 6.07 Å². The first-order valence-electron chi connectivity index (χ1n) is 8.07. The Labute approximate surface area is 137 Å². The molecule has 23 heavy (non-hydrogen) atoms. The molecule has 1 aromatic carbocycles. The van der Waals surface area contributed by atoms with Gasteiger partial charge >= 0.3 is 0 Å². The average Bonchev–Trinajstić information content (AvgIpc) is 2.78. The lowest BCUT2D eigenvalue weighted by Gasteiger charge is -2.39. The summed E-state index contributed by atoms with van der Waals surface area (Å²) in [5.41, 5.74) is 1.26. The number of hydrogen-bond donors (Lipinski definition) is 1. The van der Waals surface area contributed by atoms with Gasteiger partial charge in [-0.1, -0.05) is 38.1 Å². The Kier molecular flexibility index (Phi) is 4.23. The summed E-state index contributed by atoms with van der Waals surface area (Å²) in [6, 6.07) is 7.32. The van der Waals surface area contributed by atoms with E-state index in [1.807, 2.05) is 18.2 Å². The van der Waals surface area contributed by atoms with Crippen LogP contribution in [0.25, 0.3) is 11.0 Å². The Morgan fingerprint density at radius 3 is 2.78 bits per heavy atom. The van der Waals surface area contributed by atoms with Gasteiger partial charge in [0.25, 0.3) is 0 Å². The van der Waals surface area contributed by atoms with Gasteiger partial charge in [-0.3, -0.25) is 0 Å². The number of nitrogens with one attached hydrogen (secondary N) is 1. The molecule has 1 aliphatic carbocycles. The van der Waals surface area contributed by atoms with Crippen LogP contribution < -0.4 is 4.72 Å². The lowest BCUT2D eigenvalue weighted by Crippen LogP contribution is -2.43. The Hall–Kier alpha value is -1.40. The van der Waals surface area contributed by atoms with Crippen LogP contribution in [-0.2, 0) is 15.8 Å². The number of rotatable bonds is 4. The van der Waals surface area contributed by atoms with E-state index in [1.165, 1.54) is 0 Å². The van der Waals surface area contributed by atoms with Crippen LogP contribution in [0, 0.1) is 11.3 Å². The Morgan fingerprint density at radius 1 is 1.30 bits per heavy atom. The van der Waals surface area contributed by atoms with Crippen LogP contribution in [0.2, 0.25) is 0 Å². The summed E-state index contributed by atoms with van der Waals surface area (Å²) >= 11 is 0. The van der Waals surface area contributed by atoms with Crippen LogP contribution in [0.4, 0.5) is 0 Å². The highest BCUT2D eigenvalue weighted by Crippen LogP contribution is 2.38. The average molecular weight is 336 g/mol. The summed E-state index contributed by atoms with van der Waals surface area (Å²) in [6.07, 6.45) is 2.90. The maximum atomic E-state index is 12.5. The summed E-state index contributed by atoms with van der Waals surface area (Å²) in [6.45, 7) is 6.59. The van der Waals surface area contributed by atoms with Crippen molar-refractivity contribution in [2.75, 3.05) is 0 Å². The van der Waals surface area contributed by atoms with Gasteiger partial charge in [0.2, 0.25) is 10.0 Å². The molecule has 0 radical (unpaired) electrons. The lowest BCUT2D eigenvalue weighted by molar-refractivity contribution is 0.163. The fraction of sp³-hybridized carbons (Fsp3) is 0.588. The summed E-state index contributed by atoms with van der Waals surface area (Å²) in [7, 11) is -3.44. The van der Waals surface area contributed by atoms with Gasteiger partial charge in [-0.15, -0.1) is 0 Å². The summed E-state index contributed by atoms with van der Waals surface area (Å²) in [5, 5.41) is 4.68. The van der Waals surface area contributed by atoms with Crippen molar-refractivity contribution in [3.8, 4) is 0 Å². The number of para-hydroxylation sites is 1. The van der Waals surface area contributed by atoms with Crippen molar-refractivity contribution in [3.63, 3.8) is 0 Å². The van der Waals surface area contributed by atoms with Gasteiger partial charge in [-0.25, -0.2) is 13.1 Å². The molecule has 2 unspecified atom stereocenters. The highest BCUT2D eigenvalue weighted by molar-refractivity contribution is 7.88. The summed E-state index contributed by atoms with van der Waals surface area (Å²) in [5.74, 6) is 0.384. The number of sulfonamides is 1. The predicted molar refractivity (Wildman–Crippen MR) is 90.4 cm³/mol. The highest BCUT2D eigenvalue weighted by Gasteiger charge is 2.34. The van der Waals surface area contributed by atoms with Crippen molar-refractivity contribution in [3.05, 3.63) is 30.0 Å². The van der Waals surface area contributed by atoms with Gasteiger partial charge in [0, 0.05) is 11.4 Å². The molecule has 1 heterocycles. The third kappa shape index (κ3) is 3.93. The van der Waals surface area contributed by atoms with Crippen LogP contribution in [-0.4, -0.2) is 19.6 Å². The van der Waals surface area contributed by atoms with Crippen molar-refractivity contribution < 1.29 is 12.9 Å². The minimum absolute atomic E-state index is 0.00286. The smallest absolute Gasteiger partial charge is 0.217 e. The second-order valence-electron chi connectivity index (χ2n) is 7.61. The summed E-state index contributed by atoms with van der Waals surface area (Å²) in [4.78, 5) is 0. The molecule has 3 rings (SSSR count). The fourth-order valence-corrected chi connectivity index (χ4v) is 5.29. The zero-order chi connectivity index (χ0) is 16.7. The van der Waals surface area contributed by atoms with E-state index >= 15 is 0 Å². The van der Waals surface area contributed by atoms with E-state index in [0.29, 0.717) is 17.2 Å². The van der Waals surface area contributed by atoms with Crippen molar-refractivity contribution in [1.29, 1.82) is 0 Å².